The molecule has 0 aliphatic heterocycles. The van der Waals surface area contributed by atoms with Gasteiger partial charge in [-0.05, 0) is 47.7 Å². The molecule has 0 bridgehead atoms. The van der Waals surface area contributed by atoms with Gasteiger partial charge in [-0.1, -0.05) is 40.5 Å². The number of para-hydroxylation sites is 1. The van der Waals surface area contributed by atoms with E-state index in [-0.39, 0.29) is 5.75 Å². The van der Waals surface area contributed by atoms with Gasteiger partial charge < -0.3 is 9.94 Å². The zero-order valence-corrected chi connectivity index (χ0v) is 15.2. The zero-order valence-electron chi connectivity index (χ0n) is 14.3. The zero-order chi connectivity index (χ0) is 19.3. The third-order valence-electron chi connectivity index (χ3n) is 3.64. The number of allylic oxidation sites excluding steroid dienone is 2. The van der Waals surface area contributed by atoms with Gasteiger partial charge in [0.15, 0.2) is 0 Å². The average molecular weight is 391 g/mol. The summed E-state index contributed by atoms with van der Waals surface area (Å²) < 4.78 is 0. The average Bonchev–Trinajstić information content (AvgIpc) is 3.34. The van der Waals surface area contributed by atoms with Crippen LogP contribution >= 0.6 is 11.3 Å². The first-order valence-electron chi connectivity index (χ1n) is 8.19. The second kappa shape index (κ2) is 7.80. The van der Waals surface area contributed by atoms with Crippen LogP contribution in [0.1, 0.15) is 5.01 Å². The van der Waals surface area contributed by atoms with Crippen LogP contribution in [0.2, 0.25) is 0 Å². The van der Waals surface area contributed by atoms with Gasteiger partial charge >= 0.3 is 5.97 Å². The second-order valence-corrected chi connectivity index (χ2v) is 6.58. The van der Waals surface area contributed by atoms with E-state index in [0.29, 0.717) is 16.0 Å². The molecule has 4 rings (SSSR count). The molecule has 0 amide bonds. The first-order valence-corrected chi connectivity index (χ1v) is 9.01. The molecule has 2 aromatic heterocycles. The van der Waals surface area contributed by atoms with Crippen LogP contribution in [0, 0.1) is 0 Å². The molecule has 9 heteroatoms. The Balaban J connectivity index is 1.37. The molecule has 28 heavy (non-hydrogen) atoms. The Morgan fingerprint density at radius 2 is 1.86 bits per heavy atom. The number of nitrogens with zero attached hydrogens (tertiary/aromatic N) is 5. The van der Waals surface area contributed by atoms with E-state index < -0.39 is 5.97 Å². The van der Waals surface area contributed by atoms with Crippen LogP contribution in [-0.2, 0) is 4.79 Å². The van der Waals surface area contributed by atoms with Crippen molar-refractivity contribution in [3.63, 3.8) is 0 Å². The Morgan fingerprint density at radius 3 is 2.71 bits per heavy atom. The number of aromatic hydroxyl groups is 1. The summed E-state index contributed by atoms with van der Waals surface area (Å²) in [4.78, 5) is 18.1. The molecule has 0 aliphatic carbocycles. The molecule has 0 saturated heterocycles. The molecule has 4 aromatic rings. The van der Waals surface area contributed by atoms with Crippen molar-refractivity contribution in [1.82, 2.24) is 25.4 Å². The van der Waals surface area contributed by atoms with E-state index in [9.17, 15) is 9.90 Å². The normalized spacial score (nSPS) is 11.6. The van der Waals surface area contributed by atoms with Crippen LogP contribution in [0.4, 0.5) is 0 Å². The fourth-order valence-corrected chi connectivity index (χ4v) is 3.09. The van der Waals surface area contributed by atoms with Crippen LogP contribution in [0.3, 0.4) is 0 Å². The lowest BCUT2D eigenvalue weighted by Gasteiger charge is -1.98. The van der Waals surface area contributed by atoms with Gasteiger partial charge in [-0.2, -0.15) is 0 Å². The number of carbonyl (C=O) groups excluding carboxylic acids is 1. The minimum atomic E-state index is -0.581. The number of phenolic OH excluding ortho intramolecular Hbond substituents is 1. The summed E-state index contributed by atoms with van der Waals surface area (Å²) in [7, 11) is 0. The van der Waals surface area contributed by atoms with E-state index in [1.165, 1.54) is 17.4 Å². The van der Waals surface area contributed by atoms with Gasteiger partial charge in [0.2, 0.25) is 0 Å². The minimum absolute atomic E-state index is 0.198. The summed E-state index contributed by atoms with van der Waals surface area (Å²) in [6, 6.07) is 13.9. The van der Waals surface area contributed by atoms with Gasteiger partial charge in [-0.15, -0.1) is 15.3 Å². The highest BCUT2D eigenvalue weighted by Gasteiger charge is 2.07. The summed E-state index contributed by atoms with van der Waals surface area (Å²) in [6.45, 7) is 0. The number of benzene rings is 2. The Kier molecular flexibility index (Phi) is 4.89. The van der Waals surface area contributed by atoms with Crippen LogP contribution < -0.4 is 4.84 Å². The molecule has 2 aromatic carbocycles. The fraction of sp³-hybridized carbons (Fsp3) is 0. The molecule has 138 valence electrons. The second-order valence-electron chi connectivity index (χ2n) is 5.57. The maximum atomic E-state index is 11.9. The summed E-state index contributed by atoms with van der Waals surface area (Å²) in [6.07, 6.45) is 6.22. The number of hydrogen-bond donors (Lipinski definition) is 1. The maximum absolute atomic E-state index is 11.9. The van der Waals surface area contributed by atoms with E-state index in [0.717, 1.165) is 15.4 Å². The molecule has 0 atom stereocenters. The van der Waals surface area contributed by atoms with E-state index >= 15 is 0 Å². The quantitative estimate of drug-likeness (QED) is 0.317. The van der Waals surface area contributed by atoms with Crippen molar-refractivity contribution in [2.24, 2.45) is 0 Å². The highest BCUT2D eigenvalue weighted by molar-refractivity contribution is 7.15. The first kappa shape index (κ1) is 17.6. The number of carbonyl (C=O) groups is 1. The number of phenols is 1. The van der Waals surface area contributed by atoms with Crippen molar-refractivity contribution in [3.05, 3.63) is 71.8 Å². The maximum Gasteiger partial charge on any atom is 0.358 e. The van der Waals surface area contributed by atoms with E-state index in [1.54, 1.807) is 54.6 Å². The number of aromatic nitrogens is 5. The summed E-state index contributed by atoms with van der Waals surface area (Å²) in [5.74, 6) is -0.383. The molecular formula is C19H13N5O3S. The lowest BCUT2D eigenvalue weighted by atomic mass is 10.2. The SMILES string of the molecule is O=C(/C=C/C=C/c1nnc(-c2ccc(O)cc2)s1)On1nnc2ccccc21. The molecule has 0 aliphatic rings. The van der Waals surface area contributed by atoms with Gasteiger partial charge in [-0.3, -0.25) is 0 Å². The lowest BCUT2D eigenvalue weighted by molar-refractivity contribution is -0.139. The number of fused-ring (bicyclic) bond motifs is 1. The van der Waals surface area contributed by atoms with Crippen molar-refractivity contribution in [2.45, 2.75) is 0 Å². The highest BCUT2D eigenvalue weighted by Crippen LogP contribution is 2.25. The van der Waals surface area contributed by atoms with Gasteiger partial charge in [0, 0.05) is 11.6 Å². The first-order chi connectivity index (χ1) is 13.7. The molecule has 0 unspecified atom stereocenters. The Labute approximate surface area is 163 Å². The van der Waals surface area contributed by atoms with Gasteiger partial charge in [0.1, 0.15) is 26.8 Å². The monoisotopic (exact) mass is 391 g/mol. The van der Waals surface area contributed by atoms with Crippen molar-refractivity contribution in [1.29, 1.82) is 0 Å². The Morgan fingerprint density at radius 1 is 1.04 bits per heavy atom. The Hall–Kier alpha value is -3.85. The molecule has 0 fully saturated rings. The summed E-state index contributed by atoms with van der Waals surface area (Å²) in [5, 5.41) is 26.6. The smallest absolute Gasteiger partial charge is 0.358 e. The third-order valence-corrected chi connectivity index (χ3v) is 4.57. The summed E-state index contributed by atoms with van der Waals surface area (Å²) >= 11 is 1.39. The molecule has 2 heterocycles. The largest absolute Gasteiger partial charge is 0.508 e. The predicted molar refractivity (Wildman–Crippen MR) is 104 cm³/mol. The third kappa shape index (κ3) is 3.94. The van der Waals surface area contributed by atoms with Gasteiger partial charge in [0.25, 0.3) is 0 Å². The lowest BCUT2D eigenvalue weighted by Crippen LogP contribution is -2.18. The minimum Gasteiger partial charge on any atom is -0.508 e. The topological polar surface area (TPSA) is 103 Å². The van der Waals surface area contributed by atoms with Crippen molar-refractivity contribution in [2.75, 3.05) is 0 Å². The standard InChI is InChI=1S/C19H13N5O3S/c25-14-11-9-13(10-12-14)19-22-21-17(28-19)7-3-4-8-18(26)27-24-16-6-2-1-5-15(16)20-23-24/h1-12,25H/b7-3+,8-4+. The van der Waals surface area contributed by atoms with Crippen LogP contribution in [-0.4, -0.2) is 36.4 Å². The van der Waals surface area contributed by atoms with Gasteiger partial charge in [-0.25, -0.2) is 4.79 Å². The van der Waals surface area contributed by atoms with Crippen LogP contribution in [0.5, 0.6) is 5.75 Å². The molecule has 8 nitrogen and oxygen atoms in total. The fourth-order valence-electron chi connectivity index (χ4n) is 2.33. The summed E-state index contributed by atoms with van der Waals surface area (Å²) in [5.41, 5.74) is 2.12. The van der Waals surface area contributed by atoms with Crippen LogP contribution in [0.25, 0.3) is 27.7 Å². The molecular weight excluding hydrogens is 378 g/mol. The molecule has 0 spiro atoms. The van der Waals surface area contributed by atoms with Crippen molar-refractivity contribution < 1.29 is 14.7 Å². The number of hydrogen-bond acceptors (Lipinski definition) is 8. The molecule has 0 radical (unpaired) electrons. The molecule has 1 N–H and O–H groups in total. The predicted octanol–water partition coefficient (Wildman–Crippen LogP) is 2.88. The molecule has 0 saturated carbocycles. The van der Waals surface area contributed by atoms with Crippen molar-refractivity contribution >= 4 is 34.4 Å². The van der Waals surface area contributed by atoms with E-state index in [4.69, 9.17) is 4.84 Å². The Bertz CT molecular complexity index is 1180. The highest BCUT2D eigenvalue weighted by atomic mass is 32.1. The van der Waals surface area contributed by atoms with E-state index in [2.05, 4.69) is 20.5 Å². The van der Waals surface area contributed by atoms with Crippen molar-refractivity contribution in [3.8, 4) is 16.3 Å². The van der Waals surface area contributed by atoms with Gasteiger partial charge in [0.05, 0.1) is 0 Å². The number of rotatable bonds is 5. The van der Waals surface area contributed by atoms with Crippen LogP contribution in [0.15, 0.2) is 66.8 Å². The van der Waals surface area contributed by atoms with E-state index in [1.807, 2.05) is 12.1 Å².